The number of carbonyl (C=O) groups excluding carboxylic acids is 1. The number of halogens is 2. The Balaban J connectivity index is 1.46. The quantitative estimate of drug-likeness (QED) is 0.376. The average molecular weight is 553 g/mol. The lowest BCUT2D eigenvalue weighted by molar-refractivity contribution is -0.134. The Morgan fingerprint density at radius 3 is 2.67 bits per heavy atom. The molecule has 1 fully saturated rings. The summed E-state index contributed by atoms with van der Waals surface area (Å²) >= 11 is 0. The summed E-state index contributed by atoms with van der Waals surface area (Å²) in [5, 5.41) is 9.66. The van der Waals surface area contributed by atoms with E-state index in [1.807, 2.05) is 30.9 Å². The molecule has 0 unspecified atom stereocenters. The number of anilines is 1. The van der Waals surface area contributed by atoms with Gasteiger partial charge >= 0.3 is 6.61 Å². The molecule has 1 saturated heterocycles. The van der Waals surface area contributed by atoms with E-state index in [1.165, 1.54) is 10.7 Å². The SMILES string of the molecule is Cc1nc(N2CCN(C(=O)CO)C[C@H]2C)ncc1-c1ccc2c(=O)n(C)n(Cc3ccccc3OC(F)F)c2c1. The molecule has 2 aromatic heterocycles. The van der Waals surface area contributed by atoms with Crippen LogP contribution in [-0.4, -0.2) is 74.1 Å². The Morgan fingerprint density at radius 2 is 1.98 bits per heavy atom. The van der Waals surface area contributed by atoms with E-state index in [0.29, 0.717) is 42.0 Å². The normalized spacial score (nSPS) is 15.7. The van der Waals surface area contributed by atoms with Crippen molar-refractivity contribution in [2.24, 2.45) is 7.05 Å². The zero-order valence-corrected chi connectivity index (χ0v) is 22.4. The highest BCUT2D eigenvalue weighted by Crippen LogP contribution is 2.29. The maximum atomic E-state index is 13.0. The van der Waals surface area contributed by atoms with Crippen molar-refractivity contribution < 1.29 is 23.4 Å². The number of hydrogen-bond donors (Lipinski definition) is 1. The van der Waals surface area contributed by atoms with Crippen LogP contribution >= 0.6 is 0 Å². The summed E-state index contributed by atoms with van der Waals surface area (Å²) in [6, 6.07) is 12.0. The standard InChI is InChI=1S/C28H30F2N6O4/c1-17-14-34(25(38)16-37)10-11-35(17)28-31-13-22(18(2)32-28)19-8-9-21-23(12-19)36(33(3)26(21)39)15-20-6-4-5-7-24(20)40-27(29)30/h4-9,12-13,17,27,37H,10-11,14-16H2,1-3H3/t17-/m1/s1. The van der Waals surface area contributed by atoms with Crippen molar-refractivity contribution in [3.05, 3.63) is 70.3 Å². The van der Waals surface area contributed by atoms with E-state index in [2.05, 4.69) is 4.98 Å². The molecule has 0 saturated carbocycles. The van der Waals surface area contributed by atoms with Crippen LogP contribution < -0.4 is 15.2 Å². The van der Waals surface area contributed by atoms with Crippen LogP contribution in [0.5, 0.6) is 5.75 Å². The molecule has 1 N–H and O–H groups in total. The second kappa shape index (κ2) is 11.0. The fourth-order valence-corrected chi connectivity index (χ4v) is 5.19. The van der Waals surface area contributed by atoms with E-state index in [1.54, 1.807) is 47.1 Å². The van der Waals surface area contributed by atoms with Crippen molar-refractivity contribution in [2.45, 2.75) is 33.0 Å². The number of ether oxygens (including phenoxy) is 1. The van der Waals surface area contributed by atoms with Crippen LogP contribution in [0.25, 0.3) is 22.0 Å². The van der Waals surface area contributed by atoms with Crippen LogP contribution in [0.4, 0.5) is 14.7 Å². The highest BCUT2D eigenvalue weighted by atomic mass is 19.3. The molecule has 3 heterocycles. The van der Waals surface area contributed by atoms with Gasteiger partial charge in [0.1, 0.15) is 12.4 Å². The van der Waals surface area contributed by atoms with Crippen molar-refractivity contribution in [3.8, 4) is 16.9 Å². The second-order valence-corrected chi connectivity index (χ2v) is 9.81. The van der Waals surface area contributed by atoms with Gasteiger partial charge in [0.15, 0.2) is 0 Å². The number of piperazine rings is 1. The van der Waals surface area contributed by atoms with E-state index in [4.69, 9.17) is 14.8 Å². The molecule has 0 spiro atoms. The first-order valence-electron chi connectivity index (χ1n) is 12.9. The van der Waals surface area contributed by atoms with Crippen LogP contribution in [0, 0.1) is 6.92 Å². The molecule has 0 bridgehead atoms. The van der Waals surface area contributed by atoms with Gasteiger partial charge in [-0.25, -0.2) is 9.97 Å². The summed E-state index contributed by atoms with van der Waals surface area (Å²) in [5.41, 5.74) is 3.28. The summed E-state index contributed by atoms with van der Waals surface area (Å²) in [7, 11) is 1.64. The number of alkyl halides is 2. The molecule has 4 aromatic rings. The number of hydrogen-bond acceptors (Lipinski definition) is 7. The van der Waals surface area contributed by atoms with Crippen molar-refractivity contribution >= 4 is 22.8 Å². The lowest BCUT2D eigenvalue weighted by Crippen LogP contribution is -2.54. The monoisotopic (exact) mass is 552 g/mol. The topological polar surface area (TPSA) is 106 Å². The van der Waals surface area contributed by atoms with Gasteiger partial charge in [0.2, 0.25) is 11.9 Å². The van der Waals surface area contributed by atoms with Gasteiger partial charge in [-0.1, -0.05) is 24.3 Å². The lowest BCUT2D eigenvalue weighted by Gasteiger charge is -2.39. The Kier molecular flexibility index (Phi) is 7.53. The van der Waals surface area contributed by atoms with Crippen LogP contribution in [0.15, 0.2) is 53.5 Å². The van der Waals surface area contributed by atoms with Crippen LogP contribution in [-0.2, 0) is 18.4 Å². The molecule has 10 nitrogen and oxygen atoms in total. The summed E-state index contributed by atoms with van der Waals surface area (Å²) in [5.74, 6) is 0.315. The van der Waals surface area contributed by atoms with Gasteiger partial charge in [-0.05, 0) is 37.6 Å². The third kappa shape index (κ3) is 5.14. The minimum atomic E-state index is -2.96. The number of fused-ring (bicyclic) bond motifs is 1. The molecule has 12 heteroatoms. The largest absolute Gasteiger partial charge is 0.434 e. The van der Waals surface area contributed by atoms with E-state index < -0.39 is 13.2 Å². The smallest absolute Gasteiger partial charge is 0.387 e. The Labute approximate surface area is 229 Å². The summed E-state index contributed by atoms with van der Waals surface area (Å²) in [6.45, 7) is 2.04. The number of aromatic nitrogens is 4. The number of rotatable bonds is 7. The Morgan fingerprint density at radius 1 is 1.20 bits per heavy atom. The number of nitrogens with zero attached hydrogens (tertiary/aromatic N) is 6. The third-order valence-electron chi connectivity index (χ3n) is 7.32. The van der Waals surface area contributed by atoms with Crippen molar-refractivity contribution in [2.75, 3.05) is 31.1 Å². The number of para-hydroxylation sites is 1. The van der Waals surface area contributed by atoms with Crippen LogP contribution in [0.3, 0.4) is 0 Å². The maximum absolute atomic E-state index is 13.0. The number of aliphatic hydroxyl groups excluding tert-OH is 1. The van der Waals surface area contributed by atoms with Gasteiger partial charge in [0.05, 0.1) is 23.1 Å². The van der Waals surface area contributed by atoms with E-state index >= 15 is 0 Å². The van der Waals surface area contributed by atoms with Crippen molar-refractivity contribution in [3.63, 3.8) is 0 Å². The van der Waals surface area contributed by atoms with Gasteiger partial charge < -0.3 is 19.6 Å². The van der Waals surface area contributed by atoms with Gasteiger partial charge in [0.25, 0.3) is 5.56 Å². The van der Waals surface area contributed by atoms with Gasteiger partial charge in [-0.15, -0.1) is 0 Å². The van der Waals surface area contributed by atoms with Crippen molar-refractivity contribution in [1.82, 2.24) is 24.2 Å². The molecule has 40 heavy (non-hydrogen) atoms. The molecule has 2 aromatic carbocycles. The number of aryl methyl sites for hydroxylation is 1. The van der Waals surface area contributed by atoms with Gasteiger partial charge in [-0.3, -0.25) is 19.0 Å². The molecule has 1 atom stereocenters. The fourth-order valence-electron chi connectivity index (χ4n) is 5.19. The minimum absolute atomic E-state index is 0.0264. The second-order valence-electron chi connectivity index (χ2n) is 9.81. The number of aliphatic hydroxyl groups is 1. The average Bonchev–Trinajstić information content (AvgIpc) is 3.17. The first-order valence-corrected chi connectivity index (χ1v) is 12.9. The van der Waals surface area contributed by atoms with Gasteiger partial charge in [-0.2, -0.15) is 8.78 Å². The maximum Gasteiger partial charge on any atom is 0.387 e. The summed E-state index contributed by atoms with van der Waals surface area (Å²) < 4.78 is 33.8. The molecule has 0 radical (unpaired) electrons. The van der Waals surface area contributed by atoms with Crippen LogP contribution in [0.1, 0.15) is 18.2 Å². The zero-order chi connectivity index (χ0) is 28.6. The molecule has 1 aliphatic heterocycles. The zero-order valence-electron chi connectivity index (χ0n) is 22.4. The van der Waals surface area contributed by atoms with E-state index in [-0.39, 0.29) is 29.8 Å². The fraction of sp³-hybridized carbons (Fsp3) is 0.357. The molecule has 0 aliphatic carbocycles. The molecular formula is C28H30F2N6O4. The minimum Gasteiger partial charge on any atom is -0.434 e. The lowest BCUT2D eigenvalue weighted by atomic mass is 10.0. The molecule has 210 valence electrons. The number of carbonyl (C=O) groups is 1. The molecule has 1 aliphatic rings. The highest BCUT2D eigenvalue weighted by molar-refractivity contribution is 5.85. The number of benzene rings is 2. The highest BCUT2D eigenvalue weighted by Gasteiger charge is 2.28. The summed E-state index contributed by atoms with van der Waals surface area (Å²) in [4.78, 5) is 37.9. The predicted octanol–water partition coefficient (Wildman–Crippen LogP) is 2.78. The van der Waals surface area contributed by atoms with Crippen molar-refractivity contribution in [1.29, 1.82) is 0 Å². The van der Waals surface area contributed by atoms with Crippen LogP contribution in [0.2, 0.25) is 0 Å². The van der Waals surface area contributed by atoms with E-state index in [0.717, 1.165) is 16.8 Å². The third-order valence-corrected chi connectivity index (χ3v) is 7.32. The molecule has 1 amide bonds. The first kappa shape index (κ1) is 27.3. The molecule has 5 rings (SSSR count). The first-order chi connectivity index (χ1) is 19.2. The Bertz CT molecular complexity index is 1620. The van der Waals surface area contributed by atoms with E-state index in [9.17, 15) is 18.4 Å². The predicted molar refractivity (Wildman–Crippen MR) is 146 cm³/mol. The molecular weight excluding hydrogens is 522 g/mol. The number of amides is 1. The van der Waals surface area contributed by atoms with Gasteiger partial charge in [0, 0.05) is 50.0 Å². The Hall–Kier alpha value is -4.32. The summed E-state index contributed by atoms with van der Waals surface area (Å²) in [6.07, 6.45) is 1.74.